The van der Waals surface area contributed by atoms with Crippen molar-refractivity contribution in [2.75, 3.05) is 35.7 Å². The molecule has 2 aromatic carbocycles. The minimum absolute atomic E-state index is 0.267. The second-order valence-electron chi connectivity index (χ2n) is 8.42. The first-order valence-corrected chi connectivity index (χ1v) is 11.7. The molecule has 1 amide bonds. The number of carbonyl (C=O) groups excluding carboxylic acids is 1. The topological polar surface area (TPSA) is 84.3 Å². The van der Waals surface area contributed by atoms with Gasteiger partial charge in [0.2, 0.25) is 11.9 Å². The number of fused-ring (bicyclic) bond motifs is 1. The molecule has 2 N–H and O–H groups in total. The van der Waals surface area contributed by atoms with E-state index in [1.807, 2.05) is 41.1 Å². The molecule has 0 spiro atoms. The summed E-state index contributed by atoms with van der Waals surface area (Å²) in [5.41, 5.74) is 3.33. The van der Waals surface area contributed by atoms with E-state index in [4.69, 9.17) is 9.72 Å². The highest BCUT2D eigenvalue weighted by Crippen LogP contribution is 2.39. The second kappa shape index (κ2) is 9.89. The maximum atomic E-state index is 12.2. The lowest BCUT2D eigenvalue weighted by molar-refractivity contribution is -0.111. The number of nitrogens with one attached hydrogen (secondary N) is 2. The third kappa shape index (κ3) is 4.68. The number of para-hydroxylation sites is 1. The van der Waals surface area contributed by atoms with Crippen LogP contribution >= 0.6 is 0 Å². The van der Waals surface area contributed by atoms with Crippen LogP contribution < -0.4 is 20.3 Å². The summed E-state index contributed by atoms with van der Waals surface area (Å²) in [6.07, 6.45) is 8.43. The number of rotatable bonds is 7. The average Bonchev–Trinajstić information content (AvgIpc) is 3.34. The molecular formula is C27H28N6O2. The van der Waals surface area contributed by atoms with Crippen LogP contribution in [0, 0.1) is 0 Å². The summed E-state index contributed by atoms with van der Waals surface area (Å²) in [4.78, 5) is 23.6. The minimum Gasteiger partial charge on any atom is -0.494 e. The first-order chi connectivity index (χ1) is 17.2. The molecule has 4 aromatic rings. The quantitative estimate of drug-likeness (QED) is 0.359. The number of nitrogens with zero attached hydrogens (tertiary/aromatic N) is 4. The van der Waals surface area contributed by atoms with Gasteiger partial charge in [-0.1, -0.05) is 24.8 Å². The van der Waals surface area contributed by atoms with Crippen LogP contribution in [0.25, 0.3) is 16.7 Å². The zero-order valence-electron chi connectivity index (χ0n) is 19.7. The van der Waals surface area contributed by atoms with Gasteiger partial charge in [0.05, 0.1) is 29.7 Å². The number of benzene rings is 2. The smallest absolute Gasteiger partial charge is 0.247 e. The molecule has 2 aromatic heterocycles. The number of anilines is 4. The van der Waals surface area contributed by atoms with E-state index in [1.165, 1.54) is 12.5 Å². The zero-order valence-corrected chi connectivity index (χ0v) is 19.7. The van der Waals surface area contributed by atoms with Crippen LogP contribution in [0.4, 0.5) is 23.0 Å². The number of methoxy groups -OCH3 is 1. The molecule has 8 nitrogen and oxygen atoms in total. The van der Waals surface area contributed by atoms with Gasteiger partial charge >= 0.3 is 0 Å². The van der Waals surface area contributed by atoms with Crippen molar-refractivity contribution < 1.29 is 9.53 Å². The molecule has 8 heteroatoms. The highest BCUT2D eigenvalue weighted by molar-refractivity contribution is 6.02. The van der Waals surface area contributed by atoms with E-state index in [1.54, 1.807) is 13.3 Å². The Hall–Kier alpha value is -4.33. The highest BCUT2D eigenvalue weighted by Gasteiger charge is 2.19. The Bertz CT molecular complexity index is 1370. The molecule has 35 heavy (non-hydrogen) atoms. The largest absolute Gasteiger partial charge is 0.494 e. The SMILES string of the molecule is C=CC(=O)Nc1cc(Nc2nccc(-n3ccc4ccccc43)n2)c(OC)cc1N1CCCCC1. The number of carbonyl (C=O) groups is 1. The van der Waals surface area contributed by atoms with Crippen LogP contribution in [-0.4, -0.2) is 40.6 Å². The number of amides is 1. The van der Waals surface area contributed by atoms with Gasteiger partial charge in [0.25, 0.3) is 0 Å². The molecule has 0 aliphatic carbocycles. The Morgan fingerprint density at radius 3 is 2.71 bits per heavy atom. The van der Waals surface area contributed by atoms with Crippen LogP contribution in [0.2, 0.25) is 0 Å². The Labute approximate surface area is 204 Å². The molecular weight excluding hydrogens is 440 g/mol. The number of hydrogen-bond donors (Lipinski definition) is 2. The van der Waals surface area contributed by atoms with E-state index in [0.29, 0.717) is 23.1 Å². The third-order valence-electron chi connectivity index (χ3n) is 6.19. The van der Waals surface area contributed by atoms with Crippen molar-refractivity contribution in [2.45, 2.75) is 19.3 Å². The molecule has 5 rings (SSSR count). The minimum atomic E-state index is -0.267. The molecule has 0 unspecified atom stereocenters. The molecule has 3 heterocycles. The normalized spacial score (nSPS) is 13.5. The molecule has 1 aliphatic rings. The predicted molar refractivity (Wildman–Crippen MR) is 140 cm³/mol. The van der Waals surface area contributed by atoms with E-state index >= 15 is 0 Å². The van der Waals surface area contributed by atoms with Gasteiger partial charge in [0, 0.05) is 31.5 Å². The molecule has 1 saturated heterocycles. The van der Waals surface area contributed by atoms with Crippen LogP contribution in [0.1, 0.15) is 19.3 Å². The summed E-state index contributed by atoms with van der Waals surface area (Å²) in [5.74, 6) is 1.54. The Morgan fingerprint density at radius 2 is 1.91 bits per heavy atom. The van der Waals surface area contributed by atoms with Crippen LogP contribution in [0.3, 0.4) is 0 Å². The molecule has 1 aliphatic heterocycles. The highest BCUT2D eigenvalue weighted by atomic mass is 16.5. The van der Waals surface area contributed by atoms with Gasteiger partial charge in [-0.3, -0.25) is 4.79 Å². The van der Waals surface area contributed by atoms with Gasteiger partial charge in [0.15, 0.2) is 0 Å². The molecule has 0 saturated carbocycles. The maximum Gasteiger partial charge on any atom is 0.247 e. The van der Waals surface area contributed by atoms with Crippen molar-refractivity contribution >= 4 is 39.8 Å². The first kappa shape index (κ1) is 22.5. The van der Waals surface area contributed by atoms with Crippen molar-refractivity contribution in [1.29, 1.82) is 0 Å². The van der Waals surface area contributed by atoms with Gasteiger partial charge < -0.3 is 24.8 Å². The fourth-order valence-corrected chi connectivity index (χ4v) is 4.46. The lowest BCUT2D eigenvalue weighted by Crippen LogP contribution is -2.30. The van der Waals surface area contributed by atoms with Gasteiger partial charge in [-0.15, -0.1) is 0 Å². The van der Waals surface area contributed by atoms with E-state index in [2.05, 4.69) is 45.3 Å². The predicted octanol–water partition coefficient (Wildman–Crippen LogP) is 5.29. The summed E-state index contributed by atoms with van der Waals surface area (Å²) in [7, 11) is 1.63. The molecule has 0 bridgehead atoms. The summed E-state index contributed by atoms with van der Waals surface area (Å²) in [5, 5.41) is 7.37. The van der Waals surface area contributed by atoms with Crippen molar-refractivity contribution in [3.8, 4) is 11.6 Å². The zero-order chi connectivity index (χ0) is 24.2. The fourth-order valence-electron chi connectivity index (χ4n) is 4.46. The fraction of sp³-hybridized carbons (Fsp3) is 0.222. The average molecular weight is 469 g/mol. The molecule has 0 radical (unpaired) electrons. The Kier molecular flexibility index (Phi) is 6.34. The first-order valence-electron chi connectivity index (χ1n) is 11.7. The lowest BCUT2D eigenvalue weighted by atomic mass is 10.1. The van der Waals surface area contributed by atoms with E-state index in [0.717, 1.165) is 48.3 Å². The molecule has 0 atom stereocenters. The van der Waals surface area contributed by atoms with Crippen molar-refractivity contribution in [2.24, 2.45) is 0 Å². The van der Waals surface area contributed by atoms with Crippen molar-refractivity contribution in [3.63, 3.8) is 0 Å². The third-order valence-corrected chi connectivity index (χ3v) is 6.19. The van der Waals surface area contributed by atoms with E-state index in [-0.39, 0.29) is 5.91 Å². The summed E-state index contributed by atoms with van der Waals surface area (Å²) in [6.45, 7) is 5.46. The number of hydrogen-bond acceptors (Lipinski definition) is 6. The standard InChI is InChI=1S/C27H28N6O2/c1-3-26(34)29-20-17-21(24(35-2)18-23(20)32-14-7-4-8-15-32)30-27-28-13-11-25(31-27)33-16-12-19-9-5-6-10-22(19)33/h3,5-6,9-13,16-18H,1,4,7-8,14-15H2,2H3,(H,29,34)(H,28,30,31). The summed E-state index contributed by atoms with van der Waals surface area (Å²) in [6, 6.07) is 15.9. The summed E-state index contributed by atoms with van der Waals surface area (Å²) >= 11 is 0. The Balaban J connectivity index is 1.51. The monoisotopic (exact) mass is 468 g/mol. The van der Waals surface area contributed by atoms with Crippen LogP contribution in [0.15, 0.2) is 73.6 Å². The number of ether oxygens (including phenoxy) is 1. The number of aromatic nitrogens is 3. The maximum absolute atomic E-state index is 12.2. The second-order valence-corrected chi connectivity index (χ2v) is 8.42. The van der Waals surface area contributed by atoms with Crippen molar-refractivity contribution in [3.05, 3.63) is 73.6 Å². The lowest BCUT2D eigenvalue weighted by Gasteiger charge is -2.31. The van der Waals surface area contributed by atoms with Gasteiger partial charge in [-0.25, -0.2) is 4.98 Å². The van der Waals surface area contributed by atoms with Gasteiger partial charge in [-0.05, 0) is 55.0 Å². The number of piperidine rings is 1. The van der Waals surface area contributed by atoms with Crippen LogP contribution in [-0.2, 0) is 4.79 Å². The summed E-state index contributed by atoms with van der Waals surface area (Å²) < 4.78 is 7.74. The van der Waals surface area contributed by atoms with Crippen LogP contribution in [0.5, 0.6) is 5.75 Å². The van der Waals surface area contributed by atoms with Crippen molar-refractivity contribution in [1.82, 2.24) is 14.5 Å². The van der Waals surface area contributed by atoms with E-state index < -0.39 is 0 Å². The Morgan fingerprint density at radius 1 is 1.09 bits per heavy atom. The van der Waals surface area contributed by atoms with Gasteiger partial charge in [-0.2, -0.15) is 4.98 Å². The van der Waals surface area contributed by atoms with Gasteiger partial charge in [0.1, 0.15) is 11.6 Å². The molecule has 1 fully saturated rings. The molecule has 178 valence electrons. The van der Waals surface area contributed by atoms with E-state index in [9.17, 15) is 4.79 Å².